The maximum Gasteiger partial charge on any atom is 0.320 e. The summed E-state index contributed by atoms with van der Waals surface area (Å²) in [6, 6.07) is 0. The monoisotopic (exact) mass is 257 g/mol. The summed E-state index contributed by atoms with van der Waals surface area (Å²) in [6.07, 6.45) is 1.28. The minimum atomic E-state index is -0.448. The van der Waals surface area contributed by atoms with Crippen LogP contribution in [0.5, 0.6) is 0 Å². The topological polar surface area (TPSA) is 55.4 Å². The van der Waals surface area contributed by atoms with Gasteiger partial charge in [0.05, 0.1) is 6.54 Å². The minimum Gasteiger partial charge on any atom is -0.459 e. The summed E-state index contributed by atoms with van der Waals surface area (Å²) >= 11 is 0. The summed E-state index contributed by atoms with van der Waals surface area (Å²) in [7, 11) is 0. The van der Waals surface area contributed by atoms with E-state index < -0.39 is 5.60 Å². The number of rotatable bonds is 7. The van der Waals surface area contributed by atoms with E-state index >= 15 is 0 Å². The first-order valence-corrected chi connectivity index (χ1v) is 6.54. The number of carbonyl (C=O) groups is 2. The molecule has 0 heterocycles. The first kappa shape index (κ1) is 17.1. The van der Waals surface area contributed by atoms with Gasteiger partial charge in [0.2, 0.25) is 0 Å². The highest BCUT2D eigenvalue weighted by Crippen LogP contribution is 2.22. The van der Waals surface area contributed by atoms with Crippen molar-refractivity contribution in [2.75, 3.05) is 13.1 Å². The highest BCUT2D eigenvalue weighted by molar-refractivity contribution is 5.83. The Hall–Kier alpha value is -0.900. The van der Waals surface area contributed by atoms with Crippen LogP contribution in [-0.2, 0) is 14.3 Å². The maximum atomic E-state index is 11.6. The largest absolute Gasteiger partial charge is 0.459 e. The molecule has 1 N–H and O–H groups in total. The van der Waals surface area contributed by atoms with E-state index in [2.05, 4.69) is 5.32 Å². The third-order valence-electron chi connectivity index (χ3n) is 2.69. The Morgan fingerprint density at radius 1 is 1.11 bits per heavy atom. The van der Waals surface area contributed by atoms with Crippen molar-refractivity contribution < 1.29 is 14.3 Å². The fourth-order valence-corrected chi connectivity index (χ4v) is 1.59. The Labute approximate surface area is 110 Å². The molecule has 0 aromatic rings. The third kappa shape index (κ3) is 7.43. The van der Waals surface area contributed by atoms with E-state index in [0.717, 1.165) is 6.42 Å². The number of carbonyl (C=O) groups excluding carboxylic acids is 2. The Balaban J connectivity index is 3.87. The number of esters is 1. The minimum absolute atomic E-state index is 0.188. The molecule has 0 saturated carbocycles. The average Bonchev–Trinajstić information content (AvgIpc) is 2.20. The molecular formula is C14H27NO3. The summed E-state index contributed by atoms with van der Waals surface area (Å²) in [5.74, 6) is -0.0105. The molecule has 0 amide bonds. The molecule has 106 valence electrons. The van der Waals surface area contributed by atoms with Gasteiger partial charge in [-0.25, -0.2) is 0 Å². The zero-order valence-electron chi connectivity index (χ0n) is 12.6. The molecular weight excluding hydrogens is 230 g/mol. The second-order valence-electron chi connectivity index (χ2n) is 6.17. The molecule has 0 aliphatic carbocycles. The summed E-state index contributed by atoms with van der Waals surface area (Å²) in [5, 5.41) is 3.02. The molecule has 0 unspecified atom stereocenters. The summed E-state index contributed by atoms with van der Waals surface area (Å²) in [5.41, 5.74) is -0.772. The van der Waals surface area contributed by atoms with Crippen LogP contribution in [0.25, 0.3) is 0 Å². The normalized spacial score (nSPS) is 12.3. The van der Waals surface area contributed by atoms with Gasteiger partial charge in [-0.1, -0.05) is 20.8 Å². The number of ketones is 1. The van der Waals surface area contributed by atoms with E-state index in [-0.39, 0.29) is 23.7 Å². The molecule has 0 atom stereocenters. The van der Waals surface area contributed by atoms with Crippen LogP contribution >= 0.6 is 0 Å². The molecule has 0 bridgehead atoms. The van der Waals surface area contributed by atoms with E-state index in [1.54, 1.807) is 0 Å². The Morgan fingerprint density at radius 3 is 2.11 bits per heavy atom. The van der Waals surface area contributed by atoms with Crippen LogP contribution in [0, 0.1) is 5.41 Å². The van der Waals surface area contributed by atoms with E-state index in [0.29, 0.717) is 13.0 Å². The van der Waals surface area contributed by atoms with Gasteiger partial charge < -0.3 is 10.1 Å². The number of nitrogens with one attached hydrogen (secondary N) is 1. The van der Waals surface area contributed by atoms with Crippen LogP contribution < -0.4 is 5.32 Å². The summed E-state index contributed by atoms with van der Waals surface area (Å²) in [4.78, 5) is 23.1. The summed E-state index contributed by atoms with van der Waals surface area (Å²) in [6.45, 7) is 12.1. The van der Waals surface area contributed by atoms with Gasteiger partial charge in [-0.15, -0.1) is 0 Å². The molecule has 0 aliphatic heterocycles. The van der Waals surface area contributed by atoms with Gasteiger partial charge >= 0.3 is 5.97 Å². The van der Waals surface area contributed by atoms with Crippen LogP contribution in [0.1, 0.15) is 54.4 Å². The maximum absolute atomic E-state index is 11.6. The van der Waals surface area contributed by atoms with Crippen molar-refractivity contribution in [1.29, 1.82) is 0 Å². The van der Waals surface area contributed by atoms with E-state index in [1.165, 1.54) is 0 Å². The fourth-order valence-electron chi connectivity index (χ4n) is 1.59. The SMILES string of the molecule is CCC(=O)C(C)(C)CCNCC(=O)OC(C)(C)C. The van der Waals surface area contributed by atoms with Crippen LogP contribution in [-0.4, -0.2) is 30.4 Å². The van der Waals surface area contributed by atoms with Crippen molar-refractivity contribution in [3.05, 3.63) is 0 Å². The lowest BCUT2D eigenvalue weighted by Gasteiger charge is -2.23. The number of ether oxygens (including phenoxy) is 1. The van der Waals surface area contributed by atoms with Gasteiger partial charge in [0.15, 0.2) is 0 Å². The number of hydrogen-bond acceptors (Lipinski definition) is 4. The van der Waals surface area contributed by atoms with Crippen molar-refractivity contribution >= 4 is 11.8 Å². The molecule has 0 fully saturated rings. The molecule has 0 rings (SSSR count). The lowest BCUT2D eigenvalue weighted by Crippen LogP contribution is -2.34. The predicted molar refractivity (Wildman–Crippen MR) is 72.4 cm³/mol. The zero-order chi connectivity index (χ0) is 14.4. The Kier molecular flexibility index (Phi) is 6.54. The number of Topliss-reactive ketones (excluding diaryl/α,β-unsaturated/α-hetero) is 1. The molecule has 0 spiro atoms. The molecule has 4 heteroatoms. The molecule has 0 saturated heterocycles. The van der Waals surface area contributed by atoms with Crippen LogP contribution in [0.4, 0.5) is 0 Å². The van der Waals surface area contributed by atoms with E-state index in [1.807, 2.05) is 41.5 Å². The van der Waals surface area contributed by atoms with Crippen molar-refractivity contribution in [3.8, 4) is 0 Å². The second kappa shape index (κ2) is 6.88. The smallest absolute Gasteiger partial charge is 0.320 e. The predicted octanol–water partition coefficient (Wildman–Crippen LogP) is 2.31. The van der Waals surface area contributed by atoms with Gasteiger partial charge in [-0.05, 0) is 33.7 Å². The van der Waals surface area contributed by atoms with Crippen molar-refractivity contribution in [2.24, 2.45) is 5.41 Å². The lowest BCUT2D eigenvalue weighted by molar-refractivity contribution is -0.153. The highest BCUT2D eigenvalue weighted by atomic mass is 16.6. The van der Waals surface area contributed by atoms with Crippen LogP contribution in [0.2, 0.25) is 0 Å². The van der Waals surface area contributed by atoms with Gasteiger partial charge in [0.25, 0.3) is 0 Å². The third-order valence-corrected chi connectivity index (χ3v) is 2.69. The highest BCUT2D eigenvalue weighted by Gasteiger charge is 2.25. The fraction of sp³-hybridized carbons (Fsp3) is 0.857. The average molecular weight is 257 g/mol. The van der Waals surface area contributed by atoms with E-state index in [9.17, 15) is 9.59 Å². The van der Waals surface area contributed by atoms with Crippen LogP contribution in [0.15, 0.2) is 0 Å². The van der Waals surface area contributed by atoms with E-state index in [4.69, 9.17) is 4.74 Å². The molecule has 4 nitrogen and oxygen atoms in total. The van der Waals surface area contributed by atoms with Gasteiger partial charge in [0.1, 0.15) is 11.4 Å². The standard InChI is InChI=1S/C14H27NO3/c1-7-11(16)14(5,6)8-9-15-10-12(17)18-13(2,3)4/h15H,7-10H2,1-6H3. The van der Waals surface area contributed by atoms with Gasteiger partial charge in [0, 0.05) is 11.8 Å². The zero-order valence-corrected chi connectivity index (χ0v) is 12.6. The van der Waals surface area contributed by atoms with Crippen molar-refractivity contribution in [2.45, 2.75) is 60.0 Å². The van der Waals surface area contributed by atoms with Crippen molar-refractivity contribution in [3.63, 3.8) is 0 Å². The lowest BCUT2D eigenvalue weighted by atomic mass is 9.83. The Morgan fingerprint density at radius 2 is 1.67 bits per heavy atom. The molecule has 0 aromatic carbocycles. The van der Waals surface area contributed by atoms with Crippen LogP contribution in [0.3, 0.4) is 0 Å². The first-order chi connectivity index (χ1) is 8.08. The summed E-state index contributed by atoms with van der Waals surface area (Å²) < 4.78 is 5.17. The number of hydrogen-bond donors (Lipinski definition) is 1. The molecule has 0 radical (unpaired) electrons. The second-order valence-corrected chi connectivity index (χ2v) is 6.17. The van der Waals surface area contributed by atoms with Crippen molar-refractivity contribution in [1.82, 2.24) is 5.32 Å². The Bertz CT molecular complexity index is 290. The van der Waals surface area contributed by atoms with Gasteiger partial charge in [-0.3, -0.25) is 9.59 Å². The van der Waals surface area contributed by atoms with Gasteiger partial charge in [-0.2, -0.15) is 0 Å². The molecule has 18 heavy (non-hydrogen) atoms. The quantitative estimate of drug-likeness (QED) is 0.561. The molecule has 0 aromatic heterocycles. The molecule has 0 aliphatic rings. The first-order valence-electron chi connectivity index (χ1n) is 6.54.